The lowest BCUT2D eigenvalue weighted by molar-refractivity contribution is -0.384. The monoisotopic (exact) mass is 449 g/mol. The Morgan fingerprint density at radius 1 is 1.25 bits per heavy atom. The summed E-state index contributed by atoms with van der Waals surface area (Å²) in [6, 6.07) is 2.77. The molecular formula is C21H31N5O6. The number of amides is 2. The van der Waals surface area contributed by atoms with Crippen LogP contribution in [0.2, 0.25) is 0 Å². The quantitative estimate of drug-likeness (QED) is 0.294. The fourth-order valence-electron chi connectivity index (χ4n) is 3.08. The van der Waals surface area contributed by atoms with Gasteiger partial charge in [0.05, 0.1) is 18.1 Å². The van der Waals surface area contributed by atoms with E-state index in [-0.39, 0.29) is 24.3 Å². The molecule has 11 nitrogen and oxygen atoms in total. The van der Waals surface area contributed by atoms with Gasteiger partial charge in [0.1, 0.15) is 11.3 Å². The van der Waals surface area contributed by atoms with Gasteiger partial charge in [-0.2, -0.15) is 0 Å². The molecule has 1 aromatic rings. The predicted molar refractivity (Wildman–Crippen MR) is 120 cm³/mol. The number of ether oxygens (including phenoxy) is 2. The van der Waals surface area contributed by atoms with E-state index >= 15 is 0 Å². The zero-order valence-electron chi connectivity index (χ0n) is 18.7. The fourth-order valence-corrected chi connectivity index (χ4v) is 3.08. The maximum Gasteiger partial charge on any atom is 0.407 e. The first-order valence-corrected chi connectivity index (χ1v) is 10.3. The number of carbonyl (C=O) groups excluding carboxylic acids is 2. The Bertz CT molecular complexity index is 859. The normalized spacial score (nSPS) is 14.8. The van der Waals surface area contributed by atoms with Crippen LogP contribution in [0.15, 0.2) is 24.3 Å². The highest BCUT2D eigenvalue weighted by Crippen LogP contribution is 2.31. The van der Waals surface area contributed by atoms with Crippen molar-refractivity contribution >= 4 is 23.4 Å². The number of nitrogens with one attached hydrogen (secondary N) is 2. The summed E-state index contributed by atoms with van der Waals surface area (Å²) in [6.07, 6.45) is 2.92. The van der Waals surface area contributed by atoms with Crippen molar-refractivity contribution in [1.82, 2.24) is 10.2 Å². The number of anilines is 1. The number of benzene rings is 1. The summed E-state index contributed by atoms with van der Waals surface area (Å²) >= 11 is 0. The standard InChI is InChI=1S/C21H31N5O6/c1-21(2,3)32-20(28)24-7-5-4-6-23-18-16(14-25-8-10-31-11-9-25)12-15(19(22)27)13-17(18)26(29)30/h4-5,12-13,23H,6-11,14H2,1-3H3,(H2,22,27)(H,24,28)/b5-4+. The molecule has 0 spiro atoms. The van der Waals surface area contributed by atoms with Crippen molar-refractivity contribution in [2.75, 3.05) is 44.7 Å². The van der Waals surface area contributed by atoms with Crippen LogP contribution in [0, 0.1) is 10.1 Å². The predicted octanol–water partition coefficient (Wildman–Crippen LogP) is 2.02. The van der Waals surface area contributed by atoms with E-state index in [1.807, 2.05) is 0 Å². The van der Waals surface area contributed by atoms with Crippen molar-refractivity contribution in [1.29, 1.82) is 0 Å². The molecule has 32 heavy (non-hydrogen) atoms. The number of nitro groups is 1. The fraction of sp³-hybridized carbons (Fsp3) is 0.524. The van der Waals surface area contributed by atoms with Crippen molar-refractivity contribution in [3.63, 3.8) is 0 Å². The molecule has 1 aliphatic heterocycles. The lowest BCUT2D eigenvalue weighted by atomic mass is 10.0. The van der Waals surface area contributed by atoms with E-state index < -0.39 is 22.5 Å². The third-order valence-electron chi connectivity index (χ3n) is 4.50. The minimum atomic E-state index is -0.726. The van der Waals surface area contributed by atoms with E-state index in [2.05, 4.69) is 15.5 Å². The van der Waals surface area contributed by atoms with E-state index in [0.717, 1.165) is 0 Å². The van der Waals surface area contributed by atoms with Gasteiger partial charge in [-0.15, -0.1) is 0 Å². The Balaban J connectivity index is 2.09. The number of hydrogen-bond acceptors (Lipinski definition) is 8. The van der Waals surface area contributed by atoms with Crippen molar-refractivity contribution in [2.45, 2.75) is 32.9 Å². The van der Waals surface area contributed by atoms with E-state index in [0.29, 0.717) is 44.1 Å². The molecule has 2 amide bonds. The second-order valence-electron chi connectivity index (χ2n) is 8.27. The summed E-state index contributed by atoms with van der Waals surface area (Å²) in [6.45, 7) is 8.79. The maximum atomic E-state index is 11.7. The van der Waals surface area contributed by atoms with E-state index in [9.17, 15) is 19.7 Å². The van der Waals surface area contributed by atoms with Crippen molar-refractivity contribution in [2.24, 2.45) is 5.73 Å². The Morgan fingerprint density at radius 2 is 1.91 bits per heavy atom. The van der Waals surface area contributed by atoms with E-state index in [1.165, 1.54) is 6.07 Å². The Kier molecular flexibility index (Phi) is 8.97. The highest BCUT2D eigenvalue weighted by molar-refractivity contribution is 5.95. The van der Waals surface area contributed by atoms with Crippen LogP contribution in [-0.2, 0) is 16.0 Å². The Hall–Kier alpha value is -3.18. The molecule has 176 valence electrons. The van der Waals surface area contributed by atoms with Gasteiger partial charge in [0.2, 0.25) is 5.91 Å². The first-order chi connectivity index (χ1) is 15.1. The molecular weight excluding hydrogens is 418 g/mol. The largest absolute Gasteiger partial charge is 0.444 e. The number of rotatable bonds is 9. The van der Waals surface area contributed by atoms with Crippen LogP contribution in [0.5, 0.6) is 0 Å². The molecule has 0 aliphatic carbocycles. The van der Waals surface area contributed by atoms with Gasteiger partial charge in [-0.1, -0.05) is 12.2 Å². The summed E-state index contributed by atoms with van der Waals surface area (Å²) in [4.78, 5) is 36.6. The summed E-state index contributed by atoms with van der Waals surface area (Å²) in [5.41, 5.74) is 5.60. The number of hydrogen-bond donors (Lipinski definition) is 3. The summed E-state index contributed by atoms with van der Waals surface area (Å²) < 4.78 is 10.5. The molecule has 1 aromatic carbocycles. The van der Waals surface area contributed by atoms with Crippen molar-refractivity contribution < 1.29 is 24.0 Å². The minimum Gasteiger partial charge on any atom is -0.444 e. The van der Waals surface area contributed by atoms with Crippen molar-refractivity contribution in [3.8, 4) is 0 Å². The second kappa shape index (κ2) is 11.4. The smallest absolute Gasteiger partial charge is 0.407 e. The number of primary amides is 1. The van der Waals surface area contributed by atoms with Crippen molar-refractivity contribution in [3.05, 3.63) is 45.5 Å². The molecule has 0 unspecified atom stereocenters. The molecule has 0 saturated carbocycles. The van der Waals surface area contributed by atoms with E-state index in [4.69, 9.17) is 15.2 Å². The molecule has 0 bridgehead atoms. The van der Waals surface area contributed by atoms with E-state index in [1.54, 1.807) is 39.0 Å². The van der Waals surface area contributed by atoms with Crippen LogP contribution in [0.4, 0.5) is 16.2 Å². The van der Waals surface area contributed by atoms with Gasteiger partial charge in [0.25, 0.3) is 5.69 Å². The third-order valence-corrected chi connectivity index (χ3v) is 4.50. The van der Waals surface area contributed by atoms with Crippen LogP contribution in [0.1, 0.15) is 36.7 Å². The van der Waals surface area contributed by atoms with Crippen LogP contribution in [-0.4, -0.2) is 66.8 Å². The highest BCUT2D eigenvalue weighted by atomic mass is 16.6. The van der Waals surface area contributed by atoms with Crippen LogP contribution >= 0.6 is 0 Å². The molecule has 0 atom stereocenters. The average molecular weight is 450 g/mol. The number of nitro benzene ring substituents is 1. The number of alkyl carbamates (subject to hydrolysis) is 1. The minimum absolute atomic E-state index is 0.0858. The lowest BCUT2D eigenvalue weighted by Gasteiger charge is -2.27. The zero-order valence-corrected chi connectivity index (χ0v) is 18.7. The van der Waals surface area contributed by atoms with Gasteiger partial charge in [-0.05, 0) is 32.4 Å². The van der Waals surface area contributed by atoms with Gasteiger partial charge >= 0.3 is 6.09 Å². The molecule has 1 fully saturated rings. The van der Waals surface area contributed by atoms with Gasteiger partial charge in [0.15, 0.2) is 0 Å². The average Bonchev–Trinajstić information content (AvgIpc) is 2.70. The maximum absolute atomic E-state index is 11.7. The van der Waals surface area contributed by atoms with Crippen LogP contribution < -0.4 is 16.4 Å². The lowest BCUT2D eigenvalue weighted by Crippen LogP contribution is -2.36. The number of carbonyl (C=O) groups is 2. The second-order valence-corrected chi connectivity index (χ2v) is 8.27. The number of nitrogens with two attached hydrogens (primary N) is 1. The molecule has 0 radical (unpaired) electrons. The molecule has 2 rings (SSSR count). The molecule has 1 saturated heterocycles. The topological polar surface area (TPSA) is 149 Å². The first-order valence-electron chi connectivity index (χ1n) is 10.3. The summed E-state index contributed by atoms with van der Waals surface area (Å²) in [5.74, 6) is -0.726. The number of morpholine rings is 1. The number of nitrogens with zero attached hydrogens (tertiary/aromatic N) is 2. The van der Waals surface area contributed by atoms with Gasteiger partial charge in [0, 0.05) is 44.4 Å². The van der Waals surface area contributed by atoms with Crippen LogP contribution in [0.25, 0.3) is 0 Å². The molecule has 1 aliphatic rings. The summed E-state index contributed by atoms with van der Waals surface area (Å²) in [5, 5.41) is 17.3. The van der Waals surface area contributed by atoms with Gasteiger partial charge < -0.3 is 25.8 Å². The summed E-state index contributed by atoms with van der Waals surface area (Å²) in [7, 11) is 0. The zero-order chi connectivity index (χ0) is 23.7. The molecule has 1 heterocycles. The SMILES string of the molecule is CC(C)(C)OC(=O)NC/C=C/CNc1c(CN2CCOCC2)cc(C(N)=O)cc1[N+](=O)[O-]. The molecule has 4 N–H and O–H groups in total. The van der Waals surface area contributed by atoms with Gasteiger partial charge in [-0.25, -0.2) is 4.79 Å². The van der Waals surface area contributed by atoms with Crippen LogP contribution in [0.3, 0.4) is 0 Å². The first kappa shape index (κ1) is 25.1. The third kappa shape index (κ3) is 8.16. The van der Waals surface area contributed by atoms with Gasteiger partial charge in [-0.3, -0.25) is 19.8 Å². The molecule has 11 heteroatoms. The Labute approximate surface area is 187 Å². The highest BCUT2D eigenvalue weighted by Gasteiger charge is 2.23. The molecule has 0 aromatic heterocycles. The Morgan fingerprint density at radius 3 is 2.50 bits per heavy atom.